The van der Waals surface area contributed by atoms with Gasteiger partial charge in [0, 0.05) is 12.1 Å². The van der Waals surface area contributed by atoms with Crippen LogP contribution < -0.4 is 18.9 Å². The number of hydrogen-bond donors (Lipinski definition) is 0. The van der Waals surface area contributed by atoms with Gasteiger partial charge in [0.2, 0.25) is 5.78 Å². The molecule has 1 aliphatic rings. The van der Waals surface area contributed by atoms with E-state index in [9.17, 15) is 4.79 Å². The van der Waals surface area contributed by atoms with Gasteiger partial charge in [0.1, 0.15) is 23.0 Å². The molecule has 0 saturated heterocycles. The third kappa shape index (κ3) is 2.38. The smallest absolute Gasteiger partial charge is 0.201 e. The number of ether oxygens (including phenoxy) is 4. The summed E-state index contributed by atoms with van der Waals surface area (Å²) in [7, 11) is 6.27. The Hall–Kier alpha value is -2.69. The van der Waals surface area contributed by atoms with Crippen molar-refractivity contribution < 1.29 is 23.7 Å². The summed E-state index contributed by atoms with van der Waals surface area (Å²) in [6.07, 6.45) is 0.581. The molecule has 2 aromatic rings. The number of ketones is 1. The fourth-order valence-electron chi connectivity index (χ4n) is 2.97. The van der Waals surface area contributed by atoms with E-state index in [1.165, 1.54) is 0 Å². The monoisotopic (exact) mass is 314 g/mol. The largest absolute Gasteiger partial charge is 0.497 e. The van der Waals surface area contributed by atoms with Crippen molar-refractivity contribution >= 4 is 5.78 Å². The maximum Gasteiger partial charge on any atom is 0.201 e. The van der Waals surface area contributed by atoms with Crippen LogP contribution in [0.3, 0.4) is 0 Å². The van der Waals surface area contributed by atoms with Crippen molar-refractivity contribution in [1.29, 1.82) is 0 Å². The van der Waals surface area contributed by atoms with Crippen LogP contribution in [0.2, 0.25) is 0 Å². The van der Waals surface area contributed by atoms with Crippen LogP contribution in [0, 0.1) is 0 Å². The zero-order valence-electron chi connectivity index (χ0n) is 13.6. The van der Waals surface area contributed by atoms with Gasteiger partial charge < -0.3 is 18.9 Å². The third-order valence-electron chi connectivity index (χ3n) is 4.06. The molecular formula is C18H18O5. The highest BCUT2D eigenvalue weighted by atomic mass is 16.5. The van der Waals surface area contributed by atoms with Gasteiger partial charge in [-0.1, -0.05) is 0 Å². The molecule has 0 saturated carbocycles. The van der Waals surface area contributed by atoms with Gasteiger partial charge in [0.05, 0.1) is 39.6 Å². The minimum Gasteiger partial charge on any atom is -0.497 e. The summed E-state index contributed by atoms with van der Waals surface area (Å²) >= 11 is 0. The van der Waals surface area contributed by atoms with Gasteiger partial charge in [-0.15, -0.1) is 0 Å². The summed E-state index contributed by atoms with van der Waals surface area (Å²) in [6.45, 7) is 0. The molecule has 0 aliphatic heterocycles. The van der Waals surface area contributed by atoms with Gasteiger partial charge in [-0.25, -0.2) is 0 Å². The molecule has 23 heavy (non-hydrogen) atoms. The van der Waals surface area contributed by atoms with E-state index in [0.717, 1.165) is 11.1 Å². The molecule has 0 amide bonds. The molecule has 0 heterocycles. The van der Waals surface area contributed by atoms with E-state index in [4.69, 9.17) is 18.9 Å². The number of carbonyl (C=O) groups is 1. The van der Waals surface area contributed by atoms with Gasteiger partial charge in [-0.3, -0.25) is 4.79 Å². The lowest BCUT2D eigenvalue weighted by Crippen LogP contribution is -2.18. The van der Waals surface area contributed by atoms with Crippen LogP contribution in [0.15, 0.2) is 24.3 Å². The van der Waals surface area contributed by atoms with Crippen molar-refractivity contribution in [3.63, 3.8) is 0 Å². The van der Waals surface area contributed by atoms with Gasteiger partial charge >= 0.3 is 0 Å². The maximum atomic E-state index is 13.0. The second kappa shape index (κ2) is 5.83. The van der Waals surface area contributed by atoms with Crippen LogP contribution in [0.4, 0.5) is 0 Å². The predicted octanol–water partition coefficient (Wildman–Crippen LogP) is 2.86. The Morgan fingerprint density at radius 3 is 1.48 bits per heavy atom. The fraction of sp³-hybridized carbons (Fsp3) is 0.278. The van der Waals surface area contributed by atoms with Gasteiger partial charge in [-0.2, -0.15) is 0 Å². The first-order valence-electron chi connectivity index (χ1n) is 7.17. The molecule has 2 aromatic carbocycles. The van der Waals surface area contributed by atoms with Crippen LogP contribution >= 0.6 is 0 Å². The summed E-state index contributed by atoms with van der Waals surface area (Å²) < 4.78 is 21.4. The molecule has 3 rings (SSSR count). The van der Waals surface area contributed by atoms with Gasteiger partial charge in [-0.05, 0) is 29.7 Å². The van der Waals surface area contributed by atoms with E-state index in [2.05, 4.69) is 0 Å². The first kappa shape index (κ1) is 15.2. The van der Waals surface area contributed by atoms with E-state index in [0.29, 0.717) is 40.5 Å². The van der Waals surface area contributed by atoms with Gasteiger partial charge in [0.25, 0.3) is 0 Å². The molecule has 5 nitrogen and oxygen atoms in total. The van der Waals surface area contributed by atoms with E-state index in [-0.39, 0.29) is 5.78 Å². The van der Waals surface area contributed by atoms with E-state index in [1.54, 1.807) is 40.6 Å². The van der Waals surface area contributed by atoms with E-state index < -0.39 is 0 Å². The highest BCUT2D eigenvalue weighted by Gasteiger charge is 2.31. The number of hydrogen-bond acceptors (Lipinski definition) is 5. The fourth-order valence-corrected chi connectivity index (χ4v) is 2.97. The van der Waals surface area contributed by atoms with Crippen molar-refractivity contribution in [2.75, 3.05) is 28.4 Å². The zero-order valence-corrected chi connectivity index (χ0v) is 13.6. The highest BCUT2D eigenvalue weighted by molar-refractivity contribution is 6.15. The number of rotatable bonds is 4. The molecule has 0 atom stereocenters. The average molecular weight is 314 g/mol. The lowest BCUT2D eigenvalue weighted by molar-refractivity contribution is 0.102. The van der Waals surface area contributed by atoms with Crippen molar-refractivity contribution in [3.8, 4) is 23.0 Å². The predicted molar refractivity (Wildman–Crippen MR) is 85.3 cm³/mol. The Balaban J connectivity index is 2.23. The number of methoxy groups -OCH3 is 4. The highest BCUT2D eigenvalue weighted by Crippen LogP contribution is 2.41. The summed E-state index contributed by atoms with van der Waals surface area (Å²) in [6, 6.07) is 7.17. The van der Waals surface area contributed by atoms with Crippen molar-refractivity contribution in [2.45, 2.75) is 6.42 Å². The second-order valence-corrected chi connectivity index (χ2v) is 5.23. The second-order valence-electron chi connectivity index (χ2n) is 5.23. The molecule has 0 N–H and O–H groups in total. The molecule has 5 heteroatoms. The summed E-state index contributed by atoms with van der Waals surface area (Å²) in [4.78, 5) is 13.0. The molecule has 0 unspecified atom stereocenters. The van der Waals surface area contributed by atoms with Crippen LogP contribution in [0.1, 0.15) is 27.0 Å². The molecule has 0 bridgehead atoms. The van der Waals surface area contributed by atoms with Gasteiger partial charge in [0.15, 0.2) is 0 Å². The molecule has 0 spiro atoms. The minimum atomic E-state index is -0.111. The van der Waals surface area contributed by atoms with Crippen molar-refractivity contribution in [2.24, 2.45) is 0 Å². The summed E-state index contributed by atoms with van der Waals surface area (Å²) in [5.41, 5.74) is 2.86. The minimum absolute atomic E-state index is 0.111. The summed E-state index contributed by atoms with van der Waals surface area (Å²) in [5, 5.41) is 0. The van der Waals surface area contributed by atoms with Crippen LogP contribution in [-0.2, 0) is 6.42 Å². The Bertz CT molecular complexity index is 716. The zero-order chi connectivity index (χ0) is 16.6. The number of carbonyl (C=O) groups excluding carboxylic acids is 1. The van der Waals surface area contributed by atoms with Crippen molar-refractivity contribution in [3.05, 3.63) is 46.5 Å². The Labute approximate surface area is 134 Å². The quantitative estimate of drug-likeness (QED) is 0.741. The van der Waals surface area contributed by atoms with Crippen LogP contribution in [0.5, 0.6) is 23.0 Å². The standard InChI is InChI=1S/C18H18O5/c1-20-12-6-10-5-11-7-13(21-2)9-15(23-4)17(11)18(19)16(10)14(8-12)22-3/h6-9H,5H2,1-4H3. The van der Waals surface area contributed by atoms with Crippen molar-refractivity contribution in [1.82, 2.24) is 0 Å². The number of fused-ring (bicyclic) bond motifs is 2. The molecule has 1 aliphatic carbocycles. The van der Waals surface area contributed by atoms with Crippen LogP contribution in [-0.4, -0.2) is 34.2 Å². The Kier molecular flexibility index (Phi) is 3.86. The first-order valence-corrected chi connectivity index (χ1v) is 7.17. The van der Waals surface area contributed by atoms with E-state index >= 15 is 0 Å². The topological polar surface area (TPSA) is 54.0 Å². The number of benzene rings is 2. The first-order chi connectivity index (χ1) is 11.1. The molecule has 120 valence electrons. The lowest BCUT2D eigenvalue weighted by atomic mass is 9.83. The molecule has 0 aromatic heterocycles. The Morgan fingerprint density at radius 1 is 0.696 bits per heavy atom. The average Bonchev–Trinajstić information content (AvgIpc) is 2.59. The Morgan fingerprint density at radius 2 is 1.13 bits per heavy atom. The maximum absolute atomic E-state index is 13.0. The summed E-state index contributed by atoms with van der Waals surface area (Å²) in [5.74, 6) is 2.22. The third-order valence-corrected chi connectivity index (χ3v) is 4.06. The lowest BCUT2D eigenvalue weighted by Gasteiger charge is -2.23. The molecular weight excluding hydrogens is 296 g/mol. The van der Waals surface area contributed by atoms with Crippen LogP contribution in [0.25, 0.3) is 0 Å². The normalized spacial score (nSPS) is 12.3. The van der Waals surface area contributed by atoms with E-state index in [1.807, 2.05) is 12.1 Å². The SMILES string of the molecule is COc1cc2c(c(OC)c1)C(=O)c1c(cc(OC)cc1OC)C2. The molecule has 0 fully saturated rings. The molecule has 0 radical (unpaired) electrons.